The predicted molar refractivity (Wildman–Crippen MR) is 83.3 cm³/mol. The maximum absolute atomic E-state index is 12.3. The van der Waals surface area contributed by atoms with Gasteiger partial charge in [-0.1, -0.05) is 27.7 Å². The number of hydrogen-bond acceptors (Lipinski definition) is 3. The second-order valence-corrected chi connectivity index (χ2v) is 5.99. The molecular weight excluding hydrogens is 268 g/mol. The Morgan fingerprint density at radius 1 is 1.48 bits per heavy atom. The molecule has 0 aliphatic rings. The van der Waals surface area contributed by atoms with Crippen LogP contribution in [0, 0.1) is 18.3 Å². The maximum atomic E-state index is 12.3. The summed E-state index contributed by atoms with van der Waals surface area (Å²) < 4.78 is 1.76. The van der Waals surface area contributed by atoms with Gasteiger partial charge in [-0.2, -0.15) is 0 Å². The lowest BCUT2D eigenvalue weighted by atomic mass is 9.76. The summed E-state index contributed by atoms with van der Waals surface area (Å²) in [4.78, 5) is 23.6. The van der Waals surface area contributed by atoms with Crippen LogP contribution in [-0.4, -0.2) is 22.1 Å². The first-order valence-corrected chi connectivity index (χ1v) is 7.41. The molecule has 1 amide bonds. The Hall–Kier alpha value is -1.78. The summed E-state index contributed by atoms with van der Waals surface area (Å²) in [6.07, 6.45) is 2.42. The molecule has 0 bridgehead atoms. The van der Waals surface area contributed by atoms with Gasteiger partial charge in [0.1, 0.15) is 0 Å². The van der Waals surface area contributed by atoms with Crippen LogP contribution in [0.1, 0.15) is 39.8 Å². The van der Waals surface area contributed by atoms with Gasteiger partial charge in [0.05, 0.1) is 5.69 Å². The van der Waals surface area contributed by atoms with E-state index in [0.29, 0.717) is 18.8 Å². The van der Waals surface area contributed by atoms with E-state index < -0.39 is 0 Å². The molecule has 21 heavy (non-hydrogen) atoms. The van der Waals surface area contributed by atoms with Gasteiger partial charge in [-0.15, -0.1) is 0 Å². The molecule has 0 aromatic carbocycles. The smallest absolute Gasteiger partial charge is 0.226 e. The van der Waals surface area contributed by atoms with Crippen LogP contribution in [0.2, 0.25) is 0 Å². The number of hydrogen-bond donors (Lipinski definition) is 2. The molecule has 2 N–H and O–H groups in total. The number of rotatable bonds is 6. The first-order valence-electron chi connectivity index (χ1n) is 7.41. The lowest BCUT2D eigenvalue weighted by molar-refractivity contribution is -0.132. The van der Waals surface area contributed by atoms with Crippen molar-refractivity contribution in [1.82, 2.24) is 9.88 Å². The van der Waals surface area contributed by atoms with Crippen molar-refractivity contribution < 1.29 is 9.90 Å². The Kier molecular flexibility index (Phi) is 5.58. The van der Waals surface area contributed by atoms with Crippen molar-refractivity contribution >= 4 is 5.91 Å². The Balaban J connectivity index is 2.68. The van der Waals surface area contributed by atoms with Crippen molar-refractivity contribution in [2.45, 2.75) is 47.6 Å². The fourth-order valence-corrected chi connectivity index (χ4v) is 2.23. The zero-order chi connectivity index (χ0) is 16.2. The minimum Gasteiger partial charge on any atom is -0.503 e. The lowest BCUT2D eigenvalue weighted by Crippen LogP contribution is -2.43. The van der Waals surface area contributed by atoms with Crippen molar-refractivity contribution in [2.75, 3.05) is 6.54 Å². The number of aromatic hydroxyl groups is 1. The molecule has 1 atom stereocenters. The fraction of sp³-hybridized carbons (Fsp3) is 0.625. The Bertz CT molecular complexity index is 563. The number of carbonyl (C=O) groups is 1. The van der Waals surface area contributed by atoms with Gasteiger partial charge >= 0.3 is 0 Å². The van der Waals surface area contributed by atoms with E-state index in [0.717, 1.165) is 6.42 Å². The fourth-order valence-electron chi connectivity index (χ4n) is 2.23. The summed E-state index contributed by atoms with van der Waals surface area (Å²) in [5.74, 6) is 0.0769. The van der Waals surface area contributed by atoms with Gasteiger partial charge in [0.2, 0.25) is 11.3 Å². The summed E-state index contributed by atoms with van der Waals surface area (Å²) in [7, 11) is 0. The third kappa shape index (κ3) is 3.65. The number of nitrogens with one attached hydrogen (secondary N) is 1. The highest BCUT2D eigenvalue weighted by molar-refractivity contribution is 5.82. The molecular formula is C16H26N2O3. The number of aromatic nitrogens is 1. The average molecular weight is 294 g/mol. The quantitative estimate of drug-likeness (QED) is 0.843. The van der Waals surface area contributed by atoms with Crippen molar-refractivity contribution in [3.05, 3.63) is 28.2 Å². The van der Waals surface area contributed by atoms with Crippen molar-refractivity contribution in [2.24, 2.45) is 11.3 Å². The number of nitrogens with zero attached hydrogens (tertiary/aromatic N) is 1. The minimum absolute atomic E-state index is 0.0444. The minimum atomic E-state index is -0.383. The largest absolute Gasteiger partial charge is 0.503 e. The van der Waals surface area contributed by atoms with Gasteiger partial charge in [0, 0.05) is 30.8 Å². The zero-order valence-electron chi connectivity index (χ0n) is 13.6. The number of pyridine rings is 1. The van der Waals surface area contributed by atoms with Crippen LogP contribution in [0.4, 0.5) is 0 Å². The van der Waals surface area contributed by atoms with Crippen LogP contribution >= 0.6 is 0 Å². The average Bonchev–Trinajstić information content (AvgIpc) is 2.45. The van der Waals surface area contributed by atoms with Gasteiger partial charge in [-0.05, 0) is 19.3 Å². The SMILES string of the molecule is CCC(C)(C(=O)NCCn1ccc(=O)c(O)c1C)C(C)C. The predicted octanol–water partition coefficient (Wildman–Crippen LogP) is 2.05. The molecule has 5 nitrogen and oxygen atoms in total. The van der Waals surface area contributed by atoms with Crippen LogP contribution in [0.15, 0.2) is 17.1 Å². The topological polar surface area (TPSA) is 71.3 Å². The highest BCUT2D eigenvalue weighted by Gasteiger charge is 2.34. The van der Waals surface area contributed by atoms with E-state index in [1.807, 2.05) is 27.7 Å². The van der Waals surface area contributed by atoms with E-state index in [1.165, 1.54) is 6.07 Å². The van der Waals surface area contributed by atoms with Crippen molar-refractivity contribution in [3.8, 4) is 5.75 Å². The Morgan fingerprint density at radius 3 is 2.62 bits per heavy atom. The van der Waals surface area contributed by atoms with E-state index in [4.69, 9.17) is 0 Å². The van der Waals surface area contributed by atoms with Crippen molar-refractivity contribution in [1.29, 1.82) is 0 Å². The van der Waals surface area contributed by atoms with Crippen LogP contribution in [0.3, 0.4) is 0 Å². The molecule has 118 valence electrons. The molecule has 0 radical (unpaired) electrons. The second kappa shape index (κ2) is 6.78. The first-order chi connectivity index (χ1) is 9.74. The summed E-state index contributed by atoms with van der Waals surface area (Å²) in [6, 6.07) is 1.33. The van der Waals surface area contributed by atoms with Gasteiger partial charge in [-0.25, -0.2) is 0 Å². The van der Waals surface area contributed by atoms with Crippen molar-refractivity contribution in [3.63, 3.8) is 0 Å². The normalized spacial score (nSPS) is 14.0. The molecule has 0 fully saturated rings. The molecule has 0 saturated heterocycles. The summed E-state index contributed by atoms with van der Waals surface area (Å²) >= 11 is 0. The van der Waals surface area contributed by atoms with Crippen LogP contribution < -0.4 is 10.7 Å². The van der Waals surface area contributed by atoms with Gasteiger partial charge in [0.15, 0.2) is 5.75 Å². The third-order valence-electron chi connectivity index (χ3n) is 4.58. The van der Waals surface area contributed by atoms with Crippen LogP contribution in [0.5, 0.6) is 5.75 Å². The maximum Gasteiger partial charge on any atom is 0.226 e. The van der Waals surface area contributed by atoms with E-state index in [1.54, 1.807) is 17.7 Å². The van der Waals surface area contributed by atoms with Gasteiger partial charge in [-0.3, -0.25) is 9.59 Å². The molecule has 1 rings (SSSR count). The number of amides is 1. The first kappa shape index (κ1) is 17.3. The highest BCUT2D eigenvalue weighted by Crippen LogP contribution is 2.30. The van der Waals surface area contributed by atoms with Gasteiger partial charge in [0.25, 0.3) is 0 Å². The molecule has 1 aromatic heterocycles. The van der Waals surface area contributed by atoms with E-state index in [2.05, 4.69) is 5.32 Å². The van der Waals surface area contributed by atoms with E-state index in [-0.39, 0.29) is 28.4 Å². The lowest BCUT2D eigenvalue weighted by Gasteiger charge is -2.31. The molecule has 5 heteroatoms. The molecule has 0 aliphatic heterocycles. The monoisotopic (exact) mass is 294 g/mol. The third-order valence-corrected chi connectivity index (χ3v) is 4.58. The molecule has 0 saturated carbocycles. The standard InChI is InChI=1S/C16H26N2O3/c1-6-16(5,11(2)3)15(21)17-8-10-18-9-7-13(19)14(20)12(18)4/h7,9,11,20H,6,8,10H2,1-5H3,(H,17,21). The summed E-state index contributed by atoms with van der Waals surface area (Å²) in [6.45, 7) is 10.8. The number of carbonyl (C=O) groups excluding carboxylic acids is 1. The molecule has 0 spiro atoms. The highest BCUT2D eigenvalue weighted by atomic mass is 16.3. The Labute approximate surface area is 126 Å². The second-order valence-electron chi connectivity index (χ2n) is 5.99. The molecule has 1 unspecified atom stereocenters. The van der Waals surface area contributed by atoms with Crippen LogP contribution in [-0.2, 0) is 11.3 Å². The Morgan fingerprint density at radius 2 is 2.10 bits per heavy atom. The molecule has 1 heterocycles. The van der Waals surface area contributed by atoms with Gasteiger partial charge < -0.3 is 15.0 Å². The van der Waals surface area contributed by atoms with E-state index in [9.17, 15) is 14.7 Å². The zero-order valence-corrected chi connectivity index (χ0v) is 13.6. The molecule has 0 aliphatic carbocycles. The van der Waals surface area contributed by atoms with E-state index >= 15 is 0 Å². The summed E-state index contributed by atoms with van der Waals surface area (Å²) in [5, 5.41) is 12.6. The summed E-state index contributed by atoms with van der Waals surface area (Å²) in [5.41, 5.74) is -0.245. The van der Waals surface area contributed by atoms with Crippen LogP contribution in [0.25, 0.3) is 0 Å². The molecule has 1 aromatic rings.